The highest BCUT2D eigenvalue weighted by molar-refractivity contribution is 5.78. The van der Waals surface area contributed by atoms with Gasteiger partial charge in [-0.25, -0.2) is 8.78 Å². The zero-order valence-corrected chi connectivity index (χ0v) is 8.51. The van der Waals surface area contributed by atoms with E-state index in [4.69, 9.17) is 10.5 Å². The molecule has 5 heteroatoms. The zero-order valence-electron chi connectivity index (χ0n) is 8.51. The summed E-state index contributed by atoms with van der Waals surface area (Å²) in [5.41, 5.74) is 4.39. The Hall–Kier alpha value is -0.710. The Bertz CT molecular complexity index is 248. The fourth-order valence-corrected chi connectivity index (χ4v) is 1.37. The number of hydrogen-bond acceptors (Lipinski definition) is 3. The Morgan fingerprint density at radius 1 is 1.50 bits per heavy atom. The Labute approximate surface area is 81.6 Å². The number of alkyl halides is 2. The van der Waals surface area contributed by atoms with Gasteiger partial charge in [-0.15, -0.1) is 0 Å². The van der Waals surface area contributed by atoms with E-state index in [1.165, 1.54) is 0 Å². The molecule has 2 N–H and O–H groups in total. The number of ether oxygens (including phenoxy) is 1. The van der Waals surface area contributed by atoms with E-state index in [-0.39, 0.29) is 6.54 Å². The van der Waals surface area contributed by atoms with Crippen molar-refractivity contribution < 1.29 is 18.3 Å². The van der Waals surface area contributed by atoms with Gasteiger partial charge in [0, 0.05) is 6.54 Å². The molecule has 0 aromatic rings. The lowest BCUT2D eigenvalue weighted by Crippen LogP contribution is -2.26. The van der Waals surface area contributed by atoms with Crippen LogP contribution >= 0.6 is 0 Å². The second-order valence-electron chi connectivity index (χ2n) is 4.53. The molecular formula is C9H15F2NO2. The van der Waals surface area contributed by atoms with Crippen molar-refractivity contribution in [3.8, 4) is 0 Å². The molecule has 0 radical (unpaired) electrons. The first kappa shape index (κ1) is 11.4. The van der Waals surface area contributed by atoms with E-state index in [1.54, 1.807) is 20.8 Å². The molecule has 2 atom stereocenters. The first-order chi connectivity index (χ1) is 6.20. The lowest BCUT2D eigenvalue weighted by molar-refractivity contribution is -0.159. The smallest absolute Gasteiger partial charge is 0.316 e. The minimum Gasteiger partial charge on any atom is -0.460 e. The van der Waals surface area contributed by atoms with Gasteiger partial charge in [-0.1, -0.05) is 0 Å². The molecule has 1 fully saturated rings. The average molecular weight is 207 g/mol. The molecule has 0 aromatic heterocycles. The van der Waals surface area contributed by atoms with Gasteiger partial charge in [0.2, 0.25) is 0 Å². The Balaban J connectivity index is 2.57. The van der Waals surface area contributed by atoms with E-state index in [2.05, 4.69) is 0 Å². The molecule has 0 amide bonds. The van der Waals surface area contributed by atoms with Crippen LogP contribution < -0.4 is 5.73 Å². The molecule has 1 aliphatic carbocycles. The fraction of sp³-hybridized carbons (Fsp3) is 0.889. The molecule has 1 saturated carbocycles. The van der Waals surface area contributed by atoms with E-state index < -0.39 is 29.3 Å². The standard InChI is InChI=1S/C9H15F2NO2/c1-8(2,3)14-7(13)6-5(4-12)9(6,10)11/h5-6H,4,12H2,1-3H3/t5-,6+/m1/s1. The van der Waals surface area contributed by atoms with Crippen LogP contribution in [-0.2, 0) is 9.53 Å². The molecule has 0 bridgehead atoms. The fourth-order valence-electron chi connectivity index (χ4n) is 1.37. The number of carbonyl (C=O) groups is 1. The third-order valence-corrected chi connectivity index (χ3v) is 2.12. The summed E-state index contributed by atoms with van der Waals surface area (Å²) in [6.45, 7) is 4.74. The molecule has 0 aliphatic heterocycles. The van der Waals surface area contributed by atoms with E-state index in [0.717, 1.165) is 0 Å². The number of nitrogens with two attached hydrogens (primary N) is 1. The van der Waals surface area contributed by atoms with Crippen LogP contribution in [0.15, 0.2) is 0 Å². The molecule has 0 unspecified atom stereocenters. The average Bonchev–Trinajstić information content (AvgIpc) is 2.48. The lowest BCUT2D eigenvalue weighted by Gasteiger charge is -2.19. The van der Waals surface area contributed by atoms with Crippen LogP contribution in [0.1, 0.15) is 20.8 Å². The maximum absolute atomic E-state index is 12.9. The Morgan fingerprint density at radius 3 is 2.29 bits per heavy atom. The van der Waals surface area contributed by atoms with Gasteiger partial charge in [-0.3, -0.25) is 4.79 Å². The molecule has 0 spiro atoms. The summed E-state index contributed by atoms with van der Waals surface area (Å²) in [5.74, 6) is -6.21. The van der Waals surface area contributed by atoms with Crippen LogP contribution in [0.25, 0.3) is 0 Å². The third kappa shape index (κ3) is 2.03. The normalized spacial score (nSPS) is 29.9. The van der Waals surface area contributed by atoms with Crippen molar-refractivity contribution >= 4 is 5.97 Å². The second kappa shape index (κ2) is 3.15. The summed E-state index contributed by atoms with van der Waals surface area (Å²) in [5, 5.41) is 0. The summed E-state index contributed by atoms with van der Waals surface area (Å²) in [6, 6.07) is 0. The molecule has 82 valence electrons. The van der Waals surface area contributed by atoms with Gasteiger partial charge in [0.25, 0.3) is 5.92 Å². The number of halogens is 2. The van der Waals surface area contributed by atoms with Crippen LogP contribution in [0.2, 0.25) is 0 Å². The zero-order chi connectivity index (χ0) is 11.1. The Morgan fingerprint density at radius 2 is 2.00 bits per heavy atom. The molecule has 1 aliphatic rings. The summed E-state index contributed by atoms with van der Waals surface area (Å²) >= 11 is 0. The van der Waals surface area contributed by atoms with Crippen LogP contribution in [-0.4, -0.2) is 24.0 Å². The van der Waals surface area contributed by atoms with Gasteiger partial charge >= 0.3 is 5.97 Å². The van der Waals surface area contributed by atoms with E-state index >= 15 is 0 Å². The minimum atomic E-state index is -2.98. The van der Waals surface area contributed by atoms with E-state index in [9.17, 15) is 13.6 Å². The van der Waals surface area contributed by atoms with Crippen LogP contribution in [0.4, 0.5) is 8.78 Å². The van der Waals surface area contributed by atoms with Crippen molar-refractivity contribution in [1.29, 1.82) is 0 Å². The van der Waals surface area contributed by atoms with Gasteiger partial charge in [0.1, 0.15) is 11.5 Å². The monoisotopic (exact) mass is 207 g/mol. The van der Waals surface area contributed by atoms with E-state index in [1.807, 2.05) is 0 Å². The number of rotatable bonds is 2. The van der Waals surface area contributed by atoms with Crippen molar-refractivity contribution in [2.24, 2.45) is 17.6 Å². The predicted octanol–water partition coefficient (Wildman–Crippen LogP) is 1.17. The van der Waals surface area contributed by atoms with Gasteiger partial charge in [-0.05, 0) is 20.8 Å². The quantitative estimate of drug-likeness (QED) is 0.691. The topological polar surface area (TPSA) is 52.3 Å². The van der Waals surface area contributed by atoms with Crippen LogP contribution in [0.5, 0.6) is 0 Å². The highest BCUT2D eigenvalue weighted by Crippen LogP contribution is 2.55. The summed E-state index contributed by atoms with van der Waals surface area (Å²) < 4.78 is 30.7. The van der Waals surface area contributed by atoms with Crippen molar-refractivity contribution in [3.05, 3.63) is 0 Å². The lowest BCUT2D eigenvalue weighted by atomic mass is 10.2. The van der Waals surface area contributed by atoms with Crippen molar-refractivity contribution in [1.82, 2.24) is 0 Å². The maximum Gasteiger partial charge on any atom is 0.316 e. The first-order valence-electron chi connectivity index (χ1n) is 4.51. The molecule has 1 rings (SSSR count). The molecule has 14 heavy (non-hydrogen) atoms. The molecule has 0 heterocycles. The van der Waals surface area contributed by atoms with E-state index in [0.29, 0.717) is 0 Å². The van der Waals surface area contributed by atoms with Gasteiger partial charge in [-0.2, -0.15) is 0 Å². The molecule has 3 nitrogen and oxygen atoms in total. The van der Waals surface area contributed by atoms with Crippen LogP contribution in [0.3, 0.4) is 0 Å². The van der Waals surface area contributed by atoms with Crippen molar-refractivity contribution in [2.45, 2.75) is 32.3 Å². The number of hydrogen-bond donors (Lipinski definition) is 1. The second-order valence-corrected chi connectivity index (χ2v) is 4.53. The molecular weight excluding hydrogens is 192 g/mol. The number of esters is 1. The summed E-state index contributed by atoms with van der Waals surface area (Å²) in [6.07, 6.45) is 0. The summed E-state index contributed by atoms with van der Waals surface area (Å²) in [4.78, 5) is 11.2. The highest BCUT2D eigenvalue weighted by Gasteiger charge is 2.72. The first-order valence-corrected chi connectivity index (χ1v) is 4.51. The van der Waals surface area contributed by atoms with Crippen LogP contribution in [0, 0.1) is 11.8 Å². The Kier molecular flexibility index (Phi) is 2.56. The van der Waals surface area contributed by atoms with Gasteiger partial charge in [0.15, 0.2) is 0 Å². The maximum atomic E-state index is 12.9. The van der Waals surface area contributed by atoms with Crippen molar-refractivity contribution in [2.75, 3.05) is 6.54 Å². The highest BCUT2D eigenvalue weighted by atomic mass is 19.3. The number of carbonyl (C=O) groups excluding carboxylic acids is 1. The molecule has 0 saturated heterocycles. The third-order valence-electron chi connectivity index (χ3n) is 2.12. The predicted molar refractivity (Wildman–Crippen MR) is 46.8 cm³/mol. The minimum absolute atomic E-state index is 0.184. The summed E-state index contributed by atoms with van der Waals surface area (Å²) in [7, 11) is 0. The van der Waals surface area contributed by atoms with Crippen molar-refractivity contribution in [3.63, 3.8) is 0 Å². The SMILES string of the molecule is CC(C)(C)OC(=O)[C@@H]1[C@@H](CN)C1(F)F. The largest absolute Gasteiger partial charge is 0.460 e. The molecule has 0 aromatic carbocycles. The van der Waals surface area contributed by atoms with Gasteiger partial charge in [0.05, 0.1) is 5.92 Å². The van der Waals surface area contributed by atoms with Gasteiger partial charge < -0.3 is 10.5 Å².